The fourth-order valence-electron chi connectivity index (χ4n) is 10.7. The Morgan fingerprint density at radius 1 is 0.448 bits per heavy atom. The van der Waals surface area contributed by atoms with Crippen LogP contribution in [-0.4, -0.2) is 8.07 Å². The lowest BCUT2D eigenvalue weighted by atomic mass is 9.84. The average molecular weight is 899 g/mol. The zero-order chi connectivity index (χ0) is 45.6. The van der Waals surface area contributed by atoms with Crippen molar-refractivity contribution < 1.29 is 4.42 Å². The van der Waals surface area contributed by atoms with Crippen LogP contribution in [-0.2, 0) is 0 Å². The van der Waals surface area contributed by atoms with Gasteiger partial charge in [-0.25, -0.2) is 0 Å². The van der Waals surface area contributed by atoms with Gasteiger partial charge in [0.2, 0.25) is 0 Å². The van der Waals surface area contributed by atoms with E-state index in [4.69, 9.17) is 4.42 Å². The van der Waals surface area contributed by atoms with Crippen LogP contribution in [0.25, 0.3) is 65.7 Å². The van der Waals surface area contributed by atoms with E-state index >= 15 is 0 Å². The average Bonchev–Trinajstić information content (AvgIpc) is 3.73. The highest BCUT2D eigenvalue weighted by atomic mass is 32.2. The third-order valence-electron chi connectivity index (χ3n) is 13.6. The summed E-state index contributed by atoms with van der Waals surface area (Å²) in [6.45, 7) is 13.9. The Labute approximate surface area is 398 Å². The number of hydrogen-bond acceptors (Lipinski definition) is 4. The summed E-state index contributed by atoms with van der Waals surface area (Å²) in [4.78, 5) is 7.36. The first-order chi connectivity index (χ1) is 32.6. The predicted octanol–water partition coefficient (Wildman–Crippen LogP) is 18.1. The minimum absolute atomic E-state index is 0.880. The summed E-state index contributed by atoms with van der Waals surface area (Å²) in [5, 5.41) is 8.66. The SMILES string of the molecule is Cc1cc(C)c(N(c2ccccc2)c2ccc3c(c2)Sc2cccc4c2c-3c(-c2ccccc2)c2ccc(N(c3ccc([Si](C)(C)C)cc3)c3cccc5c3oc3ccccc35)cc24)c(C)c1. The summed E-state index contributed by atoms with van der Waals surface area (Å²) in [6.07, 6.45) is 0. The number of nitrogens with zero attached hydrogens (tertiary/aromatic N) is 2. The fourth-order valence-corrected chi connectivity index (χ4v) is 13.0. The van der Waals surface area contributed by atoms with E-state index in [9.17, 15) is 0 Å². The summed E-state index contributed by atoms with van der Waals surface area (Å²) in [6, 6.07) is 71.7. The maximum absolute atomic E-state index is 6.76. The molecule has 10 aromatic carbocycles. The summed E-state index contributed by atoms with van der Waals surface area (Å²) in [5.41, 5.74) is 17.3. The van der Waals surface area contributed by atoms with E-state index in [2.05, 4.69) is 244 Å². The molecule has 0 unspecified atom stereocenters. The van der Waals surface area contributed by atoms with E-state index in [-0.39, 0.29) is 0 Å². The summed E-state index contributed by atoms with van der Waals surface area (Å²) < 4.78 is 6.76. The highest BCUT2D eigenvalue weighted by molar-refractivity contribution is 7.99. The Kier molecular flexibility index (Phi) is 9.79. The molecule has 0 saturated carbocycles. The molecule has 0 aliphatic carbocycles. The molecule has 0 saturated heterocycles. The maximum Gasteiger partial charge on any atom is 0.159 e. The Hall–Kier alpha value is -7.31. The molecular weight excluding hydrogens is 849 g/mol. The van der Waals surface area contributed by atoms with Gasteiger partial charge in [-0.2, -0.15) is 0 Å². The largest absolute Gasteiger partial charge is 0.454 e. The highest BCUT2D eigenvalue weighted by Gasteiger charge is 2.29. The van der Waals surface area contributed by atoms with Gasteiger partial charge >= 0.3 is 0 Å². The lowest BCUT2D eigenvalue weighted by molar-refractivity contribution is 0.669. The Morgan fingerprint density at radius 3 is 1.84 bits per heavy atom. The van der Waals surface area contributed by atoms with Gasteiger partial charge < -0.3 is 14.2 Å². The van der Waals surface area contributed by atoms with Gasteiger partial charge in [0.05, 0.1) is 19.4 Å². The molecule has 3 nitrogen and oxygen atoms in total. The van der Waals surface area contributed by atoms with Crippen molar-refractivity contribution in [3.8, 4) is 22.3 Å². The zero-order valence-electron chi connectivity index (χ0n) is 38.7. The second kappa shape index (κ2) is 15.9. The molecule has 0 amide bonds. The van der Waals surface area contributed by atoms with Gasteiger partial charge in [-0.3, -0.25) is 0 Å². The normalized spacial score (nSPS) is 12.3. The molecule has 324 valence electrons. The molecule has 11 aromatic rings. The number of para-hydroxylation sites is 3. The number of hydrogen-bond donors (Lipinski definition) is 0. The van der Waals surface area contributed by atoms with Gasteiger partial charge in [0, 0.05) is 54.3 Å². The third-order valence-corrected chi connectivity index (χ3v) is 16.8. The number of fused-ring (bicyclic) bond motifs is 7. The molecule has 12 rings (SSSR count). The fraction of sp³-hybridized carbons (Fsp3) is 0.0968. The van der Waals surface area contributed by atoms with Crippen molar-refractivity contribution in [1.82, 2.24) is 0 Å². The molecule has 0 N–H and O–H groups in total. The monoisotopic (exact) mass is 898 g/mol. The Morgan fingerprint density at radius 2 is 1.07 bits per heavy atom. The predicted molar refractivity (Wildman–Crippen MR) is 290 cm³/mol. The van der Waals surface area contributed by atoms with Crippen molar-refractivity contribution in [3.05, 3.63) is 211 Å². The highest BCUT2D eigenvalue weighted by Crippen LogP contribution is 2.56. The van der Waals surface area contributed by atoms with Crippen LogP contribution in [0, 0.1) is 20.8 Å². The van der Waals surface area contributed by atoms with Gasteiger partial charge in [-0.15, -0.1) is 0 Å². The molecule has 67 heavy (non-hydrogen) atoms. The van der Waals surface area contributed by atoms with Crippen molar-refractivity contribution >= 4 is 103 Å². The quantitative estimate of drug-likeness (QED) is 0.112. The van der Waals surface area contributed by atoms with Gasteiger partial charge in [0.25, 0.3) is 0 Å². The number of rotatable bonds is 8. The van der Waals surface area contributed by atoms with Crippen LogP contribution in [0.5, 0.6) is 0 Å². The third kappa shape index (κ3) is 6.87. The summed E-state index contributed by atoms with van der Waals surface area (Å²) in [7, 11) is -1.54. The van der Waals surface area contributed by atoms with Crippen molar-refractivity contribution in [2.24, 2.45) is 0 Å². The van der Waals surface area contributed by atoms with Gasteiger partial charge in [0.15, 0.2) is 5.58 Å². The molecule has 0 radical (unpaired) electrons. The first-order valence-electron chi connectivity index (χ1n) is 23.2. The molecule has 0 atom stereocenters. The number of benzene rings is 10. The van der Waals surface area contributed by atoms with E-state index in [1.807, 2.05) is 11.8 Å². The lowest BCUT2D eigenvalue weighted by Gasteiger charge is -2.31. The molecule has 1 aliphatic rings. The van der Waals surface area contributed by atoms with Crippen LogP contribution in [0.4, 0.5) is 34.1 Å². The first-order valence-corrected chi connectivity index (χ1v) is 27.6. The van der Waals surface area contributed by atoms with E-state index < -0.39 is 8.07 Å². The smallest absolute Gasteiger partial charge is 0.159 e. The second-order valence-electron chi connectivity index (χ2n) is 19.1. The van der Waals surface area contributed by atoms with Crippen molar-refractivity contribution in [2.75, 3.05) is 9.80 Å². The topological polar surface area (TPSA) is 19.6 Å². The van der Waals surface area contributed by atoms with Crippen molar-refractivity contribution in [2.45, 2.75) is 50.2 Å². The molecule has 1 aliphatic heterocycles. The molecule has 2 heterocycles. The number of aryl methyl sites for hydroxylation is 3. The van der Waals surface area contributed by atoms with E-state index in [0.717, 1.165) is 50.4 Å². The number of anilines is 6. The minimum atomic E-state index is -1.54. The van der Waals surface area contributed by atoms with Crippen LogP contribution >= 0.6 is 11.8 Å². The summed E-state index contributed by atoms with van der Waals surface area (Å²) in [5.74, 6) is 0. The van der Waals surface area contributed by atoms with E-state index in [1.165, 1.54) is 81.2 Å². The number of furan rings is 1. The zero-order valence-corrected chi connectivity index (χ0v) is 40.5. The van der Waals surface area contributed by atoms with Gasteiger partial charge in [-0.05, 0) is 131 Å². The maximum atomic E-state index is 6.76. The van der Waals surface area contributed by atoms with Crippen LogP contribution in [0.3, 0.4) is 0 Å². The second-order valence-corrected chi connectivity index (χ2v) is 25.3. The van der Waals surface area contributed by atoms with E-state index in [0.29, 0.717) is 0 Å². The first kappa shape index (κ1) is 41.1. The Bertz CT molecular complexity index is 3720. The van der Waals surface area contributed by atoms with Gasteiger partial charge in [0.1, 0.15) is 5.58 Å². The van der Waals surface area contributed by atoms with E-state index in [1.54, 1.807) is 0 Å². The molecule has 0 spiro atoms. The van der Waals surface area contributed by atoms with Crippen LogP contribution in [0.1, 0.15) is 16.7 Å². The summed E-state index contributed by atoms with van der Waals surface area (Å²) >= 11 is 1.88. The minimum Gasteiger partial charge on any atom is -0.454 e. The lowest BCUT2D eigenvalue weighted by Crippen LogP contribution is -2.37. The Balaban J connectivity index is 1.10. The van der Waals surface area contributed by atoms with Crippen molar-refractivity contribution in [1.29, 1.82) is 0 Å². The van der Waals surface area contributed by atoms with Crippen LogP contribution < -0.4 is 15.0 Å². The molecule has 1 aromatic heterocycles. The van der Waals surface area contributed by atoms with Crippen LogP contribution in [0.2, 0.25) is 19.6 Å². The molecular formula is C62H50N2OSSi. The van der Waals surface area contributed by atoms with Crippen molar-refractivity contribution in [3.63, 3.8) is 0 Å². The molecule has 5 heteroatoms. The molecule has 0 bridgehead atoms. The van der Waals surface area contributed by atoms with Gasteiger partial charge in [-0.1, -0.05) is 170 Å². The standard InChI is InChI=1S/C62H50N2OSSi/c1-39-35-40(2)61(41(3)36-39)64(43-19-11-8-12-20-43)46-30-34-52-57(38-46)66-56-26-16-22-49-53-37-45(29-33-50(53)58(60(52)59(49)56)42-17-9-7-10-18-42)63(44-27-31-47(32-28-44)67(4,5)6)54-24-15-23-51-48-21-13-14-25-55(48)65-62(51)54/h7-38H,1-6H3. The molecule has 0 fully saturated rings. The van der Waals surface area contributed by atoms with Crippen LogP contribution in [0.15, 0.2) is 208 Å².